The molecular formula is C24H20BrN3O2. The predicted molar refractivity (Wildman–Crippen MR) is 122 cm³/mol. The molecule has 1 heterocycles. The van der Waals surface area contributed by atoms with E-state index in [-0.39, 0.29) is 11.7 Å². The predicted octanol–water partition coefficient (Wildman–Crippen LogP) is 5.75. The van der Waals surface area contributed by atoms with Crippen molar-refractivity contribution in [3.63, 3.8) is 0 Å². The summed E-state index contributed by atoms with van der Waals surface area (Å²) in [5.41, 5.74) is 10.9. The molecule has 150 valence electrons. The molecule has 30 heavy (non-hydrogen) atoms. The molecule has 0 aliphatic carbocycles. The van der Waals surface area contributed by atoms with E-state index in [4.69, 9.17) is 10.5 Å². The Balaban J connectivity index is 1.65. The first-order valence-electron chi connectivity index (χ1n) is 9.40. The fraction of sp³-hybridized carbons (Fsp3) is 0.0833. The summed E-state index contributed by atoms with van der Waals surface area (Å²) in [6.45, 7) is 2.47. The maximum Gasteiger partial charge on any atom is 0.220 e. The Morgan fingerprint density at radius 2 is 1.77 bits per heavy atom. The number of ether oxygens (including phenoxy) is 1. The molecule has 0 aliphatic rings. The fourth-order valence-electron chi connectivity index (χ4n) is 3.18. The normalized spacial score (nSPS) is 10.7. The minimum atomic E-state index is 0.0637. The van der Waals surface area contributed by atoms with Gasteiger partial charge in [-0.15, -0.1) is 0 Å². The van der Waals surface area contributed by atoms with Crippen LogP contribution in [0.5, 0.6) is 11.5 Å². The highest BCUT2D eigenvalue weighted by atomic mass is 79.9. The van der Waals surface area contributed by atoms with E-state index in [9.17, 15) is 5.11 Å². The van der Waals surface area contributed by atoms with E-state index in [0.29, 0.717) is 23.6 Å². The van der Waals surface area contributed by atoms with Crippen LogP contribution < -0.4 is 10.5 Å². The Morgan fingerprint density at radius 3 is 2.50 bits per heavy atom. The first kappa shape index (κ1) is 19.9. The van der Waals surface area contributed by atoms with Crippen molar-refractivity contribution in [1.82, 2.24) is 9.97 Å². The summed E-state index contributed by atoms with van der Waals surface area (Å²) in [4.78, 5) is 8.52. The van der Waals surface area contributed by atoms with Crippen molar-refractivity contribution in [2.45, 2.75) is 13.5 Å². The summed E-state index contributed by atoms with van der Waals surface area (Å²) in [5.74, 6) is 0.783. The van der Waals surface area contributed by atoms with Gasteiger partial charge in [-0.1, -0.05) is 52.3 Å². The van der Waals surface area contributed by atoms with Crippen LogP contribution in [0, 0.1) is 6.92 Å². The Labute approximate surface area is 183 Å². The Kier molecular flexibility index (Phi) is 5.68. The number of phenolic OH excluding ortho intramolecular Hbond substituents is 1. The lowest BCUT2D eigenvalue weighted by molar-refractivity contribution is 0.303. The third-order valence-corrected chi connectivity index (χ3v) is 5.37. The van der Waals surface area contributed by atoms with Gasteiger partial charge in [0.1, 0.15) is 18.1 Å². The molecule has 0 amide bonds. The van der Waals surface area contributed by atoms with Crippen molar-refractivity contribution < 1.29 is 9.84 Å². The third kappa shape index (κ3) is 4.28. The van der Waals surface area contributed by atoms with Gasteiger partial charge in [-0.05, 0) is 47.9 Å². The topological polar surface area (TPSA) is 81.3 Å². The minimum Gasteiger partial charge on any atom is -0.507 e. The van der Waals surface area contributed by atoms with Gasteiger partial charge in [0.2, 0.25) is 5.95 Å². The minimum absolute atomic E-state index is 0.0637. The highest BCUT2D eigenvalue weighted by Crippen LogP contribution is 2.37. The standard InChI is InChI=1S/C24H20BrN3O2/c1-15-4-2-3-5-17(15)14-30-19-10-11-20(22(29)12-19)23-21(13-27-24(26)28-23)16-6-8-18(25)9-7-16/h2-13,29H,14H2,1H3,(H2,26,27,28). The van der Waals surface area contributed by atoms with Gasteiger partial charge in [0.05, 0.1) is 5.69 Å². The van der Waals surface area contributed by atoms with Gasteiger partial charge in [0.15, 0.2) is 0 Å². The summed E-state index contributed by atoms with van der Waals surface area (Å²) in [6, 6.07) is 21.0. The van der Waals surface area contributed by atoms with Crippen LogP contribution >= 0.6 is 15.9 Å². The van der Waals surface area contributed by atoms with Crippen LogP contribution in [0.2, 0.25) is 0 Å². The van der Waals surface area contributed by atoms with Crippen LogP contribution in [0.25, 0.3) is 22.4 Å². The van der Waals surface area contributed by atoms with Crippen LogP contribution in [0.1, 0.15) is 11.1 Å². The summed E-state index contributed by atoms with van der Waals surface area (Å²) in [5, 5.41) is 10.7. The van der Waals surface area contributed by atoms with Gasteiger partial charge in [-0.3, -0.25) is 0 Å². The molecule has 1 aromatic heterocycles. The van der Waals surface area contributed by atoms with E-state index in [0.717, 1.165) is 26.7 Å². The van der Waals surface area contributed by atoms with Crippen LogP contribution in [0.4, 0.5) is 5.95 Å². The van der Waals surface area contributed by atoms with Crippen molar-refractivity contribution >= 4 is 21.9 Å². The molecule has 0 bridgehead atoms. The fourth-order valence-corrected chi connectivity index (χ4v) is 3.44. The number of phenols is 1. The highest BCUT2D eigenvalue weighted by Gasteiger charge is 2.15. The first-order valence-corrected chi connectivity index (χ1v) is 10.2. The van der Waals surface area contributed by atoms with Gasteiger partial charge in [-0.25, -0.2) is 9.97 Å². The molecule has 0 aliphatic heterocycles. The largest absolute Gasteiger partial charge is 0.507 e. The number of anilines is 1. The summed E-state index contributed by atoms with van der Waals surface area (Å²) >= 11 is 3.44. The molecule has 0 spiro atoms. The molecule has 3 aromatic carbocycles. The molecule has 0 atom stereocenters. The maximum atomic E-state index is 10.7. The second-order valence-corrected chi connectivity index (χ2v) is 7.81. The van der Waals surface area contributed by atoms with Gasteiger partial charge in [0, 0.05) is 27.9 Å². The smallest absolute Gasteiger partial charge is 0.220 e. The number of nitrogens with zero attached hydrogens (tertiary/aromatic N) is 2. The number of rotatable bonds is 5. The SMILES string of the molecule is Cc1ccccc1COc1ccc(-c2nc(N)ncc2-c2ccc(Br)cc2)c(O)c1. The second kappa shape index (κ2) is 8.55. The number of aromatic hydroxyl groups is 1. The number of hydrogen-bond donors (Lipinski definition) is 2. The summed E-state index contributed by atoms with van der Waals surface area (Å²) in [6.07, 6.45) is 1.67. The van der Waals surface area contributed by atoms with E-state index >= 15 is 0 Å². The first-order chi connectivity index (χ1) is 14.5. The molecule has 3 N–H and O–H groups in total. The number of nitrogen functional groups attached to an aromatic ring is 1. The van der Waals surface area contributed by atoms with Gasteiger partial charge in [-0.2, -0.15) is 0 Å². The molecule has 0 saturated heterocycles. The summed E-state index contributed by atoms with van der Waals surface area (Å²) < 4.78 is 6.85. The molecular weight excluding hydrogens is 442 g/mol. The van der Waals surface area contributed by atoms with E-state index in [1.54, 1.807) is 18.3 Å². The number of halogens is 1. The highest BCUT2D eigenvalue weighted by molar-refractivity contribution is 9.10. The number of benzene rings is 3. The lowest BCUT2D eigenvalue weighted by atomic mass is 10.00. The zero-order valence-corrected chi connectivity index (χ0v) is 17.9. The van der Waals surface area contributed by atoms with E-state index in [1.165, 1.54) is 0 Å². The average molecular weight is 462 g/mol. The van der Waals surface area contributed by atoms with Crippen molar-refractivity contribution in [3.05, 3.63) is 88.5 Å². The lowest BCUT2D eigenvalue weighted by Gasteiger charge is -2.13. The average Bonchev–Trinajstić information content (AvgIpc) is 2.74. The zero-order chi connectivity index (χ0) is 21.1. The Hall–Kier alpha value is -3.38. The number of nitrogens with two attached hydrogens (primary N) is 1. The molecule has 0 unspecified atom stereocenters. The van der Waals surface area contributed by atoms with Crippen molar-refractivity contribution in [2.75, 3.05) is 5.73 Å². The van der Waals surface area contributed by atoms with Gasteiger partial charge < -0.3 is 15.6 Å². The molecule has 4 rings (SSSR count). The maximum absolute atomic E-state index is 10.7. The number of aryl methyl sites for hydroxylation is 1. The quantitative estimate of drug-likeness (QED) is 0.395. The van der Waals surface area contributed by atoms with Crippen LogP contribution in [-0.4, -0.2) is 15.1 Å². The van der Waals surface area contributed by atoms with Crippen molar-refractivity contribution in [3.8, 4) is 33.9 Å². The second-order valence-electron chi connectivity index (χ2n) is 6.89. The third-order valence-electron chi connectivity index (χ3n) is 4.84. The molecule has 4 aromatic rings. The van der Waals surface area contributed by atoms with E-state index in [1.807, 2.05) is 61.5 Å². The molecule has 0 saturated carbocycles. The van der Waals surface area contributed by atoms with Crippen LogP contribution in [0.3, 0.4) is 0 Å². The Morgan fingerprint density at radius 1 is 1.00 bits per heavy atom. The van der Waals surface area contributed by atoms with Crippen molar-refractivity contribution in [1.29, 1.82) is 0 Å². The lowest BCUT2D eigenvalue weighted by Crippen LogP contribution is -2.00. The molecule has 6 heteroatoms. The zero-order valence-electron chi connectivity index (χ0n) is 16.3. The molecule has 0 radical (unpaired) electrons. The van der Waals surface area contributed by atoms with Crippen molar-refractivity contribution in [2.24, 2.45) is 0 Å². The van der Waals surface area contributed by atoms with E-state index in [2.05, 4.69) is 25.9 Å². The van der Waals surface area contributed by atoms with Crippen LogP contribution in [-0.2, 0) is 6.61 Å². The molecule has 5 nitrogen and oxygen atoms in total. The van der Waals surface area contributed by atoms with Gasteiger partial charge in [0.25, 0.3) is 0 Å². The monoisotopic (exact) mass is 461 g/mol. The number of hydrogen-bond acceptors (Lipinski definition) is 5. The van der Waals surface area contributed by atoms with Crippen LogP contribution in [0.15, 0.2) is 77.4 Å². The Bertz CT molecular complexity index is 1190. The molecule has 0 fully saturated rings. The number of aromatic nitrogens is 2. The van der Waals surface area contributed by atoms with E-state index < -0.39 is 0 Å². The van der Waals surface area contributed by atoms with Gasteiger partial charge >= 0.3 is 0 Å². The summed E-state index contributed by atoms with van der Waals surface area (Å²) in [7, 11) is 0.